The molecule has 2 rings (SSSR count). The predicted molar refractivity (Wildman–Crippen MR) is 70.4 cm³/mol. The molecule has 17 heavy (non-hydrogen) atoms. The molecule has 2 unspecified atom stereocenters. The maximum absolute atomic E-state index is 5.87. The van der Waals surface area contributed by atoms with Crippen molar-refractivity contribution in [1.29, 1.82) is 0 Å². The van der Waals surface area contributed by atoms with Crippen LogP contribution in [0.25, 0.3) is 0 Å². The van der Waals surface area contributed by atoms with Crippen LogP contribution < -0.4 is 0 Å². The first-order valence-corrected chi connectivity index (χ1v) is 6.88. The third-order valence-electron chi connectivity index (χ3n) is 3.96. The second kappa shape index (κ2) is 6.14. The van der Waals surface area contributed by atoms with Crippen LogP contribution in [-0.2, 0) is 4.74 Å². The van der Waals surface area contributed by atoms with Crippen molar-refractivity contribution >= 4 is 0 Å². The Balaban J connectivity index is 1.84. The molecule has 0 N–H and O–H groups in total. The minimum absolute atomic E-state index is 0.402. The van der Waals surface area contributed by atoms with E-state index >= 15 is 0 Å². The third kappa shape index (κ3) is 3.91. The maximum atomic E-state index is 5.87. The van der Waals surface area contributed by atoms with E-state index in [4.69, 9.17) is 4.74 Å². The molecule has 4 heteroatoms. The molecule has 0 aromatic rings. The van der Waals surface area contributed by atoms with Crippen molar-refractivity contribution in [3.05, 3.63) is 0 Å². The molecule has 0 radical (unpaired) electrons. The molecule has 0 spiro atoms. The molecule has 2 aliphatic heterocycles. The zero-order valence-corrected chi connectivity index (χ0v) is 11.6. The fraction of sp³-hybridized carbons (Fsp3) is 1.00. The Morgan fingerprint density at radius 1 is 1.06 bits per heavy atom. The lowest BCUT2D eigenvalue weighted by molar-refractivity contribution is -0.0399. The van der Waals surface area contributed by atoms with Gasteiger partial charge in [-0.15, -0.1) is 0 Å². The Morgan fingerprint density at radius 2 is 1.82 bits per heavy atom. The van der Waals surface area contributed by atoms with Crippen molar-refractivity contribution in [2.75, 3.05) is 60.0 Å². The van der Waals surface area contributed by atoms with Crippen LogP contribution in [0.3, 0.4) is 0 Å². The third-order valence-corrected chi connectivity index (χ3v) is 3.96. The maximum Gasteiger partial charge on any atom is 0.0829 e. The lowest BCUT2D eigenvalue weighted by atomic mass is 10.2. The Bertz CT molecular complexity index is 237. The van der Waals surface area contributed by atoms with Crippen LogP contribution in [0.1, 0.15) is 13.3 Å². The van der Waals surface area contributed by atoms with Gasteiger partial charge in [-0.05, 0) is 40.5 Å². The molecule has 0 amide bonds. The highest BCUT2D eigenvalue weighted by Crippen LogP contribution is 2.12. The normalized spacial score (nSPS) is 34.8. The number of ether oxygens (including phenoxy) is 1. The SMILES string of the molecule is CC1CN(C)CCCN1CC1CN(C)CCO1. The van der Waals surface area contributed by atoms with Crippen LogP contribution in [-0.4, -0.2) is 86.8 Å². The highest BCUT2D eigenvalue weighted by atomic mass is 16.5. The number of nitrogens with zero attached hydrogens (tertiary/aromatic N) is 3. The summed E-state index contributed by atoms with van der Waals surface area (Å²) < 4.78 is 5.87. The summed E-state index contributed by atoms with van der Waals surface area (Å²) in [5.74, 6) is 0. The van der Waals surface area contributed by atoms with Gasteiger partial charge in [0.25, 0.3) is 0 Å². The summed E-state index contributed by atoms with van der Waals surface area (Å²) in [4.78, 5) is 7.43. The molecule has 0 saturated carbocycles. The summed E-state index contributed by atoms with van der Waals surface area (Å²) in [6.07, 6.45) is 1.68. The van der Waals surface area contributed by atoms with Crippen molar-refractivity contribution in [2.45, 2.75) is 25.5 Å². The average molecular weight is 241 g/mol. The second-order valence-electron chi connectivity index (χ2n) is 5.71. The molecule has 2 heterocycles. The van der Waals surface area contributed by atoms with Gasteiger partial charge >= 0.3 is 0 Å². The molecule has 4 nitrogen and oxygen atoms in total. The minimum Gasteiger partial charge on any atom is -0.374 e. The number of morpholine rings is 1. The fourth-order valence-electron chi connectivity index (χ4n) is 2.93. The second-order valence-corrected chi connectivity index (χ2v) is 5.71. The quantitative estimate of drug-likeness (QED) is 0.694. The van der Waals surface area contributed by atoms with Gasteiger partial charge < -0.3 is 14.5 Å². The van der Waals surface area contributed by atoms with Gasteiger partial charge in [0.15, 0.2) is 0 Å². The largest absolute Gasteiger partial charge is 0.374 e. The van der Waals surface area contributed by atoms with Crippen LogP contribution in [0.2, 0.25) is 0 Å². The lowest BCUT2D eigenvalue weighted by Gasteiger charge is -2.35. The highest BCUT2D eigenvalue weighted by Gasteiger charge is 2.25. The van der Waals surface area contributed by atoms with Gasteiger partial charge in [-0.1, -0.05) is 0 Å². The van der Waals surface area contributed by atoms with E-state index in [-0.39, 0.29) is 0 Å². The van der Waals surface area contributed by atoms with Crippen LogP contribution in [0.15, 0.2) is 0 Å². The minimum atomic E-state index is 0.402. The van der Waals surface area contributed by atoms with Crippen LogP contribution >= 0.6 is 0 Å². The highest BCUT2D eigenvalue weighted by molar-refractivity contribution is 4.80. The summed E-state index contributed by atoms with van der Waals surface area (Å²) in [7, 11) is 4.42. The van der Waals surface area contributed by atoms with Gasteiger partial charge in [0.05, 0.1) is 12.7 Å². The number of hydrogen-bond acceptors (Lipinski definition) is 4. The standard InChI is InChI=1S/C13H27N3O/c1-12-9-14(2)5-4-6-16(12)11-13-10-15(3)7-8-17-13/h12-13H,4-11H2,1-3H3. The van der Waals surface area contributed by atoms with E-state index in [0.717, 1.165) is 26.2 Å². The molecule has 2 aliphatic rings. The van der Waals surface area contributed by atoms with Gasteiger partial charge in [-0.25, -0.2) is 0 Å². The first kappa shape index (κ1) is 13.3. The first-order chi connectivity index (χ1) is 8.15. The monoisotopic (exact) mass is 241 g/mol. The van der Waals surface area contributed by atoms with E-state index in [2.05, 4.69) is 35.7 Å². The molecular formula is C13H27N3O. The molecule has 0 aromatic carbocycles. The van der Waals surface area contributed by atoms with Crippen molar-refractivity contribution in [3.8, 4) is 0 Å². The number of hydrogen-bond donors (Lipinski definition) is 0. The molecule has 2 saturated heterocycles. The van der Waals surface area contributed by atoms with Crippen molar-refractivity contribution in [1.82, 2.24) is 14.7 Å². The topological polar surface area (TPSA) is 19.0 Å². The zero-order valence-electron chi connectivity index (χ0n) is 11.6. The summed E-state index contributed by atoms with van der Waals surface area (Å²) in [5, 5.41) is 0. The summed E-state index contributed by atoms with van der Waals surface area (Å²) in [6, 6.07) is 0.651. The molecule has 0 aliphatic carbocycles. The lowest BCUT2D eigenvalue weighted by Crippen LogP contribution is -2.49. The predicted octanol–water partition coefficient (Wildman–Crippen LogP) is 0.343. The molecule has 2 atom stereocenters. The Hall–Kier alpha value is -0.160. The molecule has 0 bridgehead atoms. The van der Waals surface area contributed by atoms with Crippen LogP contribution in [0, 0.1) is 0 Å². The fourth-order valence-corrected chi connectivity index (χ4v) is 2.93. The van der Waals surface area contributed by atoms with E-state index in [1.807, 2.05) is 0 Å². The number of rotatable bonds is 2. The Kier molecular flexibility index (Phi) is 4.79. The van der Waals surface area contributed by atoms with Crippen molar-refractivity contribution in [3.63, 3.8) is 0 Å². The molecule has 100 valence electrons. The van der Waals surface area contributed by atoms with E-state index in [0.29, 0.717) is 12.1 Å². The van der Waals surface area contributed by atoms with Crippen molar-refractivity contribution in [2.24, 2.45) is 0 Å². The first-order valence-electron chi connectivity index (χ1n) is 6.88. The van der Waals surface area contributed by atoms with Gasteiger partial charge in [-0.3, -0.25) is 4.90 Å². The van der Waals surface area contributed by atoms with E-state index < -0.39 is 0 Å². The Labute approximate surface area is 105 Å². The Morgan fingerprint density at radius 3 is 2.59 bits per heavy atom. The van der Waals surface area contributed by atoms with Gasteiger partial charge in [0.1, 0.15) is 0 Å². The van der Waals surface area contributed by atoms with E-state index in [1.54, 1.807) is 0 Å². The van der Waals surface area contributed by atoms with Gasteiger partial charge in [-0.2, -0.15) is 0 Å². The summed E-state index contributed by atoms with van der Waals surface area (Å²) in [5.41, 5.74) is 0. The smallest absolute Gasteiger partial charge is 0.0829 e. The van der Waals surface area contributed by atoms with E-state index in [9.17, 15) is 0 Å². The molecule has 2 fully saturated rings. The molecule has 0 aromatic heterocycles. The van der Waals surface area contributed by atoms with Gasteiger partial charge in [0.2, 0.25) is 0 Å². The van der Waals surface area contributed by atoms with Crippen LogP contribution in [0.5, 0.6) is 0 Å². The van der Waals surface area contributed by atoms with Gasteiger partial charge in [0, 0.05) is 32.2 Å². The van der Waals surface area contributed by atoms with Crippen molar-refractivity contribution < 1.29 is 4.74 Å². The average Bonchev–Trinajstić information content (AvgIpc) is 2.41. The number of likely N-dealkylation sites (N-methyl/N-ethyl adjacent to an activating group) is 2. The molecular weight excluding hydrogens is 214 g/mol. The van der Waals surface area contributed by atoms with E-state index in [1.165, 1.54) is 26.1 Å². The summed E-state index contributed by atoms with van der Waals surface area (Å²) in [6.45, 7) is 10.1. The van der Waals surface area contributed by atoms with Crippen LogP contribution in [0.4, 0.5) is 0 Å². The summed E-state index contributed by atoms with van der Waals surface area (Å²) >= 11 is 0. The zero-order chi connectivity index (χ0) is 12.3.